The van der Waals surface area contributed by atoms with E-state index in [9.17, 15) is 4.79 Å². The fraction of sp³-hybridized carbons (Fsp3) is 0.222. The van der Waals surface area contributed by atoms with E-state index in [1.54, 1.807) is 0 Å². The van der Waals surface area contributed by atoms with Crippen molar-refractivity contribution in [3.05, 3.63) is 141 Å². The highest BCUT2D eigenvalue weighted by atomic mass is 79.9. The molecule has 1 aliphatic rings. The van der Waals surface area contributed by atoms with Gasteiger partial charge in [0.15, 0.2) is 11.6 Å². The summed E-state index contributed by atoms with van der Waals surface area (Å²) in [5.41, 5.74) is 2.43. The van der Waals surface area contributed by atoms with E-state index < -0.39 is 11.6 Å². The number of aliphatic hydroxyl groups excluding tert-OH is 1. The second kappa shape index (κ2) is 15.2. The fourth-order valence-corrected chi connectivity index (χ4v) is 5.41. The van der Waals surface area contributed by atoms with Crippen molar-refractivity contribution < 1.29 is 19.4 Å². The summed E-state index contributed by atoms with van der Waals surface area (Å²) in [6, 6.07) is 32.8. The first-order valence-electron chi connectivity index (χ1n) is 14.6. The van der Waals surface area contributed by atoms with E-state index >= 15 is 0 Å². The van der Waals surface area contributed by atoms with Crippen LogP contribution in [0, 0.1) is 0 Å². The lowest BCUT2D eigenvalue weighted by molar-refractivity contribution is -0.128. The number of hydrogen-bond donors (Lipinski definition) is 2. The number of aliphatic imine (C=N–C) groups is 1. The van der Waals surface area contributed by atoms with Crippen LogP contribution in [0.5, 0.6) is 5.75 Å². The van der Waals surface area contributed by atoms with Crippen LogP contribution in [0.3, 0.4) is 0 Å². The molecule has 1 aliphatic heterocycles. The number of hydrogen-bond acceptors (Lipinski definition) is 5. The minimum Gasteiger partial charge on any atom is -0.494 e. The predicted molar refractivity (Wildman–Crippen MR) is 179 cm³/mol. The van der Waals surface area contributed by atoms with E-state index in [1.165, 1.54) is 0 Å². The smallest absolute Gasteiger partial charge is 0.252 e. The number of carbonyl (C=O) groups excluding carboxylic acids is 1. The number of nitrogens with zero attached hydrogens (tertiary/aromatic N) is 1. The molecule has 44 heavy (non-hydrogen) atoms. The normalized spacial score (nSPS) is 17.7. The average Bonchev–Trinajstić information content (AvgIpc) is 3.44. The van der Waals surface area contributed by atoms with Gasteiger partial charge in [-0.2, -0.15) is 0 Å². The molecule has 0 saturated carbocycles. The summed E-state index contributed by atoms with van der Waals surface area (Å²) in [6.07, 6.45) is 4.86. The summed E-state index contributed by atoms with van der Waals surface area (Å²) in [6.45, 7) is 0.928. The van der Waals surface area contributed by atoms with E-state index in [-0.39, 0.29) is 12.5 Å². The maximum Gasteiger partial charge on any atom is 0.252 e. The topological polar surface area (TPSA) is 80.2 Å². The lowest BCUT2D eigenvalue weighted by Crippen LogP contribution is -2.48. The van der Waals surface area contributed by atoms with Crippen molar-refractivity contribution in [2.45, 2.75) is 30.9 Å². The number of benzene rings is 4. The van der Waals surface area contributed by atoms with Gasteiger partial charge in [0.1, 0.15) is 5.75 Å². The van der Waals surface area contributed by atoms with Crippen molar-refractivity contribution in [2.75, 3.05) is 19.8 Å². The third kappa shape index (κ3) is 7.97. The fourth-order valence-electron chi connectivity index (χ4n) is 5.02. The molecule has 1 amide bonds. The van der Waals surface area contributed by atoms with Crippen LogP contribution in [0.2, 0.25) is 5.02 Å². The van der Waals surface area contributed by atoms with Crippen molar-refractivity contribution in [3.8, 4) is 5.75 Å². The Labute approximate surface area is 271 Å². The van der Waals surface area contributed by atoms with Gasteiger partial charge in [-0.15, -0.1) is 0 Å². The van der Waals surface area contributed by atoms with Gasteiger partial charge in [0, 0.05) is 41.1 Å². The Balaban J connectivity index is 1.48. The van der Waals surface area contributed by atoms with Crippen LogP contribution < -0.4 is 10.1 Å². The van der Waals surface area contributed by atoms with Crippen molar-refractivity contribution in [2.24, 2.45) is 4.99 Å². The Bertz CT molecular complexity index is 1580. The van der Waals surface area contributed by atoms with E-state index in [4.69, 9.17) is 31.2 Å². The van der Waals surface area contributed by atoms with Crippen molar-refractivity contribution in [1.82, 2.24) is 5.32 Å². The minimum atomic E-state index is -1.26. The molecule has 226 valence electrons. The summed E-state index contributed by atoms with van der Waals surface area (Å²) >= 11 is 9.58. The molecule has 2 atom stereocenters. The van der Waals surface area contributed by atoms with Crippen molar-refractivity contribution >= 4 is 45.4 Å². The number of amides is 1. The zero-order chi connectivity index (χ0) is 30.8. The summed E-state index contributed by atoms with van der Waals surface area (Å²) in [7, 11) is 0. The zero-order valence-electron chi connectivity index (χ0n) is 24.2. The molecule has 1 heterocycles. The Morgan fingerprint density at radius 2 is 1.73 bits per heavy atom. The first-order valence-corrected chi connectivity index (χ1v) is 15.7. The number of aliphatic hydroxyl groups is 1. The van der Waals surface area contributed by atoms with Crippen LogP contribution in [0.4, 0.5) is 0 Å². The molecule has 5 rings (SSSR count). The molecule has 6 nitrogen and oxygen atoms in total. The number of nitrogens with one attached hydrogen (secondary N) is 1. The molecule has 0 aromatic heterocycles. The van der Waals surface area contributed by atoms with Crippen LogP contribution in [0.1, 0.15) is 41.2 Å². The van der Waals surface area contributed by atoms with Gasteiger partial charge < -0.3 is 19.9 Å². The van der Waals surface area contributed by atoms with Crippen LogP contribution in [-0.2, 0) is 16.0 Å². The zero-order valence-corrected chi connectivity index (χ0v) is 26.5. The van der Waals surface area contributed by atoms with E-state index in [2.05, 4.69) is 21.2 Å². The second-order valence-electron chi connectivity index (χ2n) is 10.5. The van der Waals surface area contributed by atoms with Gasteiger partial charge in [-0.25, -0.2) is 4.99 Å². The monoisotopic (exact) mass is 672 g/mol. The molecular formula is C36H34BrClN2O4. The predicted octanol–water partition coefficient (Wildman–Crippen LogP) is 7.58. The van der Waals surface area contributed by atoms with Gasteiger partial charge in [-0.05, 0) is 71.6 Å². The summed E-state index contributed by atoms with van der Waals surface area (Å²) < 4.78 is 13.2. The van der Waals surface area contributed by atoms with Gasteiger partial charge in [0.05, 0.1) is 6.61 Å². The second-order valence-corrected chi connectivity index (χ2v) is 11.8. The Hall–Kier alpha value is -3.91. The first-order chi connectivity index (χ1) is 21.5. The molecule has 0 radical (unpaired) electrons. The van der Waals surface area contributed by atoms with Crippen LogP contribution in [-0.4, -0.2) is 42.2 Å². The maximum absolute atomic E-state index is 14.3. The van der Waals surface area contributed by atoms with Gasteiger partial charge >= 0.3 is 0 Å². The Morgan fingerprint density at radius 3 is 2.43 bits per heavy atom. The molecule has 4 aromatic rings. The SMILES string of the molecule is O=C(NCCc1ccc(Cl)cc1)[C@]1(C/C=C/c2ccccc2)N=C(c2ccc(OCCCO)cc2)O[C@@H]1c1ccc(Br)cc1. The number of halogens is 2. The number of ether oxygens (including phenoxy) is 2. The van der Waals surface area contributed by atoms with Gasteiger partial charge in [-0.3, -0.25) is 4.79 Å². The van der Waals surface area contributed by atoms with E-state index in [0.29, 0.717) is 49.1 Å². The molecule has 0 unspecified atom stereocenters. The van der Waals surface area contributed by atoms with Crippen LogP contribution >= 0.6 is 27.5 Å². The van der Waals surface area contributed by atoms with Crippen LogP contribution in [0.15, 0.2) is 119 Å². The summed E-state index contributed by atoms with van der Waals surface area (Å²) in [5, 5.41) is 12.9. The largest absolute Gasteiger partial charge is 0.494 e. The highest BCUT2D eigenvalue weighted by molar-refractivity contribution is 9.10. The van der Waals surface area contributed by atoms with E-state index in [0.717, 1.165) is 26.7 Å². The molecule has 0 fully saturated rings. The standard InChI is InChI=1S/C36H34BrClN2O4/c37-30-15-11-28(12-16-30)33-36(22-4-8-26-6-2-1-3-7-26,35(42)39-23-21-27-9-17-31(38)18-10-27)40-34(44-33)29-13-19-32(20-14-29)43-25-5-24-41/h1-4,6-20,33,41H,5,21-25H2,(H,39,42)/b8-4+/t33-,36-/m1/s1. The maximum atomic E-state index is 14.3. The highest BCUT2D eigenvalue weighted by Gasteiger charge is 2.52. The molecule has 0 bridgehead atoms. The Kier molecular flexibility index (Phi) is 10.9. The van der Waals surface area contributed by atoms with Gasteiger partial charge in [-0.1, -0.05) is 94.3 Å². The first kappa shape index (κ1) is 31.5. The molecule has 0 saturated heterocycles. The lowest BCUT2D eigenvalue weighted by atomic mass is 9.84. The summed E-state index contributed by atoms with van der Waals surface area (Å²) in [4.78, 5) is 19.4. The van der Waals surface area contributed by atoms with Crippen molar-refractivity contribution in [1.29, 1.82) is 0 Å². The minimum absolute atomic E-state index is 0.0722. The van der Waals surface area contributed by atoms with Gasteiger partial charge in [0.25, 0.3) is 5.91 Å². The van der Waals surface area contributed by atoms with Gasteiger partial charge in [0.2, 0.25) is 5.90 Å². The molecule has 2 N–H and O–H groups in total. The highest BCUT2D eigenvalue weighted by Crippen LogP contribution is 2.43. The third-order valence-corrected chi connectivity index (χ3v) is 8.13. The summed E-state index contributed by atoms with van der Waals surface area (Å²) in [5.74, 6) is 0.860. The average molecular weight is 674 g/mol. The number of rotatable bonds is 13. The molecule has 0 aliphatic carbocycles. The van der Waals surface area contributed by atoms with E-state index in [1.807, 2.05) is 115 Å². The van der Waals surface area contributed by atoms with Crippen molar-refractivity contribution in [3.63, 3.8) is 0 Å². The van der Waals surface area contributed by atoms with Crippen LogP contribution in [0.25, 0.3) is 6.08 Å². The molecule has 0 spiro atoms. The third-order valence-electron chi connectivity index (χ3n) is 7.35. The Morgan fingerprint density at radius 1 is 1.00 bits per heavy atom. The quantitative estimate of drug-likeness (QED) is 0.144. The molecular weight excluding hydrogens is 640 g/mol. The lowest BCUT2D eigenvalue weighted by Gasteiger charge is -2.30. The molecule has 8 heteroatoms. The molecule has 4 aromatic carbocycles. The number of carbonyl (C=O) groups is 1.